The summed E-state index contributed by atoms with van der Waals surface area (Å²) in [7, 11) is 0. The molecular weight excluding hydrogens is 160 g/mol. The molecule has 0 radical (unpaired) electrons. The lowest BCUT2D eigenvalue weighted by Gasteiger charge is -2.30. The first-order valence-electron chi connectivity index (χ1n) is 5.31. The van der Waals surface area contributed by atoms with E-state index in [1.165, 1.54) is 24.8 Å². The minimum atomic E-state index is 0.350. The Balaban J connectivity index is 2.21. The molecule has 0 aromatic rings. The van der Waals surface area contributed by atoms with Gasteiger partial charge < -0.3 is 0 Å². The lowest BCUT2D eigenvalue weighted by atomic mass is 9.73. The zero-order valence-electron chi connectivity index (χ0n) is 8.44. The van der Waals surface area contributed by atoms with Crippen molar-refractivity contribution in [3.05, 3.63) is 12.2 Å². The molecule has 0 bridgehead atoms. The Kier molecular flexibility index (Phi) is 2.05. The van der Waals surface area contributed by atoms with Gasteiger partial charge in [0.25, 0.3) is 0 Å². The van der Waals surface area contributed by atoms with E-state index >= 15 is 0 Å². The first-order chi connectivity index (χ1) is 6.14. The lowest BCUT2D eigenvalue weighted by Crippen LogP contribution is -2.23. The third-order valence-corrected chi connectivity index (χ3v) is 3.95. The van der Waals surface area contributed by atoms with Gasteiger partial charge in [-0.3, -0.25) is 4.79 Å². The van der Waals surface area contributed by atoms with E-state index in [0.717, 1.165) is 19.3 Å². The molecule has 0 N–H and O–H groups in total. The Labute approximate surface area is 80.2 Å². The van der Waals surface area contributed by atoms with Crippen molar-refractivity contribution >= 4 is 5.78 Å². The molecule has 2 unspecified atom stereocenters. The van der Waals surface area contributed by atoms with Crippen LogP contribution in [0.4, 0.5) is 0 Å². The normalized spacial score (nSPS) is 38.8. The molecular formula is C12H18O. The number of ketones is 1. The second-order valence-corrected chi connectivity index (χ2v) is 4.87. The van der Waals surface area contributed by atoms with Crippen molar-refractivity contribution in [2.45, 2.75) is 45.4 Å². The Bertz CT molecular complexity index is 254. The van der Waals surface area contributed by atoms with Gasteiger partial charge in [0.1, 0.15) is 5.78 Å². The van der Waals surface area contributed by atoms with Gasteiger partial charge in [0.15, 0.2) is 0 Å². The van der Waals surface area contributed by atoms with Crippen LogP contribution in [-0.4, -0.2) is 5.78 Å². The highest BCUT2D eigenvalue weighted by molar-refractivity contribution is 5.81. The fraction of sp³-hybridized carbons (Fsp3) is 0.750. The van der Waals surface area contributed by atoms with Crippen molar-refractivity contribution in [2.24, 2.45) is 11.3 Å². The molecule has 0 amide bonds. The topological polar surface area (TPSA) is 17.1 Å². The molecule has 1 heteroatoms. The van der Waals surface area contributed by atoms with Crippen LogP contribution in [0.2, 0.25) is 0 Å². The molecule has 0 heterocycles. The molecule has 2 aliphatic rings. The average Bonchev–Trinajstić information content (AvgIpc) is 2.60. The molecule has 2 atom stereocenters. The van der Waals surface area contributed by atoms with E-state index in [1.807, 2.05) is 0 Å². The summed E-state index contributed by atoms with van der Waals surface area (Å²) < 4.78 is 0. The number of hydrogen-bond donors (Lipinski definition) is 0. The summed E-state index contributed by atoms with van der Waals surface area (Å²) in [6.07, 6.45) is 6.61. The summed E-state index contributed by atoms with van der Waals surface area (Å²) in [4.78, 5) is 11.3. The fourth-order valence-corrected chi connectivity index (χ4v) is 3.38. The Hall–Kier alpha value is -0.590. The minimum Gasteiger partial charge on any atom is -0.300 e. The van der Waals surface area contributed by atoms with Gasteiger partial charge >= 0.3 is 0 Å². The highest BCUT2D eigenvalue weighted by atomic mass is 16.1. The van der Waals surface area contributed by atoms with Crippen molar-refractivity contribution in [3.63, 3.8) is 0 Å². The number of allylic oxidation sites excluding steroid dienone is 1. The van der Waals surface area contributed by atoms with Crippen LogP contribution in [0.1, 0.15) is 45.4 Å². The highest BCUT2D eigenvalue weighted by Gasteiger charge is 2.47. The molecule has 0 aromatic heterocycles. The van der Waals surface area contributed by atoms with Gasteiger partial charge in [-0.1, -0.05) is 18.6 Å². The summed E-state index contributed by atoms with van der Waals surface area (Å²) in [5.41, 5.74) is 1.65. The van der Waals surface area contributed by atoms with Gasteiger partial charge in [0.2, 0.25) is 0 Å². The second-order valence-electron chi connectivity index (χ2n) is 4.87. The summed E-state index contributed by atoms with van der Waals surface area (Å²) in [5, 5.41) is 0. The molecule has 2 fully saturated rings. The molecule has 1 spiro atoms. The Morgan fingerprint density at radius 2 is 2.31 bits per heavy atom. The zero-order chi connectivity index (χ0) is 9.47. The third kappa shape index (κ3) is 1.34. The van der Waals surface area contributed by atoms with Gasteiger partial charge in [-0.15, -0.1) is 0 Å². The molecule has 0 saturated heterocycles. The van der Waals surface area contributed by atoms with Crippen molar-refractivity contribution in [1.29, 1.82) is 0 Å². The molecule has 0 aromatic carbocycles. The summed E-state index contributed by atoms with van der Waals surface area (Å²) in [6.45, 7) is 6.20. The zero-order valence-corrected chi connectivity index (χ0v) is 8.44. The number of rotatable bonds is 1. The molecule has 72 valence electrons. The molecule has 2 saturated carbocycles. The maximum Gasteiger partial charge on any atom is 0.133 e. The van der Waals surface area contributed by atoms with Crippen molar-refractivity contribution < 1.29 is 4.79 Å². The van der Waals surface area contributed by atoms with Crippen LogP contribution >= 0.6 is 0 Å². The van der Waals surface area contributed by atoms with Gasteiger partial charge in [0, 0.05) is 12.8 Å². The first-order valence-corrected chi connectivity index (χ1v) is 5.31. The van der Waals surface area contributed by atoms with Crippen LogP contribution in [0.25, 0.3) is 0 Å². The highest BCUT2D eigenvalue weighted by Crippen LogP contribution is 2.55. The predicted molar refractivity (Wildman–Crippen MR) is 53.4 cm³/mol. The van der Waals surface area contributed by atoms with E-state index in [-0.39, 0.29) is 0 Å². The lowest BCUT2D eigenvalue weighted by molar-refractivity contribution is -0.118. The van der Waals surface area contributed by atoms with Gasteiger partial charge in [-0.2, -0.15) is 0 Å². The third-order valence-electron chi connectivity index (χ3n) is 3.95. The number of Topliss-reactive ketones (excluding diaryl/α,β-unsaturated/α-hetero) is 1. The van der Waals surface area contributed by atoms with Crippen LogP contribution in [0.5, 0.6) is 0 Å². The van der Waals surface area contributed by atoms with E-state index in [0.29, 0.717) is 17.1 Å². The minimum absolute atomic E-state index is 0.350. The monoisotopic (exact) mass is 178 g/mol. The smallest absolute Gasteiger partial charge is 0.133 e. The molecule has 0 aliphatic heterocycles. The molecule has 13 heavy (non-hydrogen) atoms. The molecule has 1 nitrogen and oxygen atoms in total. The van der Waals surface area contributed by atoms with Gasteiger partial charge in [-0.25, -0.2) is 0 Å². The van der Waals surface area contributed by atoms with Crippen LogP contribution in [0, 0.1) is 11.3 Å². The summed E-state index contributed by atoms with van der Waals surface area (Å²) in [5.74, 6) is 1.12. The Morgan fingerprint density at radius 3 is 2.85 bits per heavy atom. The number of hydrogen-bond acceptors (Lipinski definition) is 1. The number of carbonyl (C=O) groups excluding carboxylic acids is 1. The molecule has 2 aliphatic carbocycles. The maximum absolute atomic E-state index is 11.3. The van der Waals surface area contributed by atoms with Crippen LogP contribution < -0.4 is 0 Å². The average molecular weight is 178 g/mol. The molecule has 2 rings (SSSR count). The fourth-order valence-electron chi connectivity index (χ4n) is 3.38. The van der Waals surface area contributed by atoms with E-state index in [2.05, 4.69) is 13.5 Å². The predicted octanol–water partition coefficient (Wildman–Crippen LogP) is 3.10. The van der Waals surface area contributed by atoms with E-state index in [4.69, 9.17) is 0 Å². The van der Waals surface area contributed by atoms with E-state index in [1.54, 1.807) is 0 Å². The van der Waals surface area contributed by atoms with Crippen LogP contribution in [0.3, 0.4) is 0 Å². The van der Waals surface area contributed by atoms with Crippen LogP contribution in [-0.2, 0) is 4.79 Å². The quantitative estimate of drug-likeness (QED) is 0.564. The number of carbonyl (C=O) groups is 1. The van der Waals surface area contributed by atoms with Crippen molar-refractivity contribution in [1.82, 2.24) is 0 Å². The summed E-state index contributed by atoms with van der Waals surface area (Å²) in [6, 6.07) is 0. The standard InChI is InChI=1S/C12H18O/c1-9(2)11-4-3-6-12(11)7-5-10(13)8-12/h11H,1,3-8H2,2H3. The van der Waals surface area contributed by atoms with Gasteiger partial charge in [0.05, 0.1) is 0 Å². The summed E-state index contributed by atoms with van der Waals surface area (Å²) >= 11 is 0. The van der Waals surface area contributed by atoms with Gasteiger partial charge in [-0.05, 0) is 37.5 Å². The first kappa shape index (κ1) is 8.98. The van der Waals surface area contributed by atoms with E-state index in [9.17, 15) is 4.79 Å². The maximum atomic E-state index is 11.3. The van der Waals surface area contributed by atoms with Crippen molar-refractivity contribution in [3.8, 4) is 0 Å². The van der Waals surface area contributed by atoms with E-state index < -0.39 is 0 Å². The SMILES string of the molecule is C=C(C)C1CCCC12CCC(=O)C2. The largest absolute Gasteiger partial charge is 0.300 e. The van der Waals surface area contributed by atoms with Crippen molar-refractivity contribution in [2.75, 3.05) is 0 Å². The van der Waals surface area contributed by atoms with Crippen LogP contribution in [0.15, 0.2) is 12.2 Å². The Morgan fingerprint density at radius 1 is 1.54 bits per heavy atom. The second kappa shape index (κ2) is 2.97.